The van der Waals surface area contributed by atoms with Gasteiger partial charge in [0, 0.05) is 5.56 Å². The first-order valence-corrected chi connectivity index (χ1v) is 6.33. The average Bonchev–Trinajstić information content (AvgIpc) is 2.88. The van der Waals surface area contributed by atoms with E-state index in [1.165, 1.54) is 0 Å². The summed E-state index contributed by atoms with van der Waals surface area (Å²) in [6.45, 7) is 2.64. The van der Waals surface area contributed by atoms with Gasteiger partial charge >= 0.3 is 0 Å². The van der Waals surface area contributed by atoms with Gasteiger partial charge in [-0.1, -0.05) is 13.0 Å². The molecule has 0 fully saturated rings. The van der Waals surface area contributed by atoms with Crippen LogP contribution in [0.4, 0.5) is 8.78 Å². The molecule has 0 aliphatic rings. The van der Waals surface area contributed by atoms with Gasteiger partial charge in [-0.25, -0.2) is 8.78 Å². The third-order valence-corrected chi connectivity index (χ3v) is 3.47. The summed E-state index contributed by atoms with van der Waals surface area (Å²) in [5.41, 5.74) is 1.50. The van der Waals surface area contributed by atoms with Crippen molar-refractivity contribution in [2.75, 3.05) is 6.54 Å². The molecule has 0 amide bonds. The van der Waals surface area contributed by atoms with E-state index in [9.17, 15) is 8.78 Å². The van der Waals surface area contributed by atoms with E-state index in [4.69, 9.17) is 4.42 Å². The summed E-state index contributed by atoms with van der Waals surface area (Å²) in [5.74, 6) is -1.74. The number of rotatable bonds is 4. The van der Waals surface area contributed by atoms with E-state index in [1.807, 2.05) is 6.92 Å². The number of hydrogen-bond donors (Lipinski definition) is 1. The Balaban J connectivity index is 2.47. The molecule has 2 aromatic rings. The SMILES string of the molecule is CCNC(c1ccoc1)c1ccc(F)c(F)c1Br. The Bertz CT molecular complexity index is 528. The third kappa shape index (κ3) is 2.47. The summed E-state index contributed by atoms with van der Waals surface area (Å²) in [6, 6.07) is 4.24. The zero-order valence-corrected chi connectivity index (χ0v) is 11.3. The smallest absolute Gasteiger partial charge is 0.173 e. The minimum Gasteiger partial charge on any atom is -0.472 e. The summed E-state index contributed by atoms with van der Waals surface area (Å²) in [6.07, 6.45) is 3.13. The number of benzene rings is 1. The minimum absolute atomic E-state index is 0.134. The Morgan fingerprint density at radius 3 is 2.72 bits per heavy atom. The number of nitrogens with one attached hydrogen (secondary N) is 1. The van der Waals surface area contributed by atoms with E-state index in [-0.39, 0.29) is 10.5 Å². The average molecular weight is 316 g/mol. The van der Waals surface area contributed by atoms with E-state index in [0.29, 0.717) is 12.1 Å². The molecule has 2 nitrogen and oxygen atoms in total. The lowest BCUT2D eigenvalue weighted by Crippen LogP contribution is -2.22. The van der Waals surface area contributed by atoms with Crippen molar-refractivity contribution in [3.8, 4) is 0 Å². The molecule has 2 rings (SSSR count). The molecule has 1 aromatic heterocycles. The molecule has 18 heavy (non-hydrogen) atoms. The summed E-state index contributed by atoms with van der Waals surface area (Å²) < 4.78 is 31.8. The second-order valence-electron chi connectivity index (χ2n) is 3.81. The monoisotopic (exact) mass is 315 g/mol. The van der Waals surface area contributed by atoms with Crippen molar-refractivity contribution in [1.82, 2.24) is 5.32 Å². The van der Waals surface area contributed by atoms with E-state index < -0.39 is 11.6 Å². The molecule has 0 saturated carbocycles. The summed E-state index contributed by atoms with van der Waals surface area (Å²) in [5, 5.41) is 3.21. The van der Waals surface area contributed by atoms with Crippen LogP contribution in [0.1, 0.15) is 24.1 Å². The molecule has 96 valence electrons. The van der Waals surface area contributed by atoms with Crippen molar-refractivity contribution in [3.05, 3.63) is 58.0 Å². The zero-order valence-electron chi connectivity index (χ0n) is 9.71. The van der Waals surface area contributed by atoms with Crippen LogP contribution >= 0.6 is 15.9 Å². The molecule has 1 heterocycles. The maximum Gasteiger partial charge on any atom is 0.173 e. The van der Waals surface area contributed by atoms with Crippen LogP contribution in [0.25, 0.3) is 0 Å². The third-order valence-electron chi connectivity index (χ3n) is 2.66. The molecule has 1 unspecified atom stereocenters. The zero-order chi connectivity index (χ0) is 13.1. The molecule has 5 heteroatoms. The fraction of sp³-hybridized carbons (Fsp3) is 0.231. The Morgan fingerprint density at radius 2 is 2.11 bits per heavy atom. The largest absolute Gasteiger partial charge is 0.472 e. The Labute approximate surface area is 112 Å². The maximum absolute atomic E-state index is 13.6. The van der Waals surface area contributed by atoms with Crippen molar-refractivity contribution < 1.29 is 13.2 Å². The first-order valence-electron chi connectivity index (χ1n) is 5.54. The highest BCUT2D eigenvalue weighted by Crippen LogP contribution is 2.31. The van der Waals surface area contributed by atoms with Gasteiger partial charge in [0.1, 0.15) is 0 Å². The standard InChI is InChI=1S/C13H12BrF2NO/c1-2-17-13(8-5-6-18-7-8)9-3-4-10(15)12(16)11(9)14/h3-7,13,17H,2H2,1H3. The molecular formula is C13H12BrF2NO. The van der Waals surface area contributed by atoms with Crippen molar-refractivity contribution in [3.63, 3.8) is 0 Å². The summed E-state index contributed by atoms with van der Waals surface area (Å²) in [7, 11) is 0. The molecular weight excluding hydrogens is 304 g/mol. The fourth-order valence-electron chi connectivity index (χ4n) is 1.81. The Hall–Kier alpha value is -1.20. The van der Waals surface area contributed by atoms with Gasteiger partial charge in [0.05, 0.1) is 23.0 Å². The van der Waals surface area contributed by atoms with Crippen LogP contribution in [0, 0.1) is 11.6 Å². The van der Waals surface area contributed by atoms with Crippen LogP contribution in [0.5, 0.6) is 0 Å². The van der Waals surface area contributed by atoms with Gasteiger partial charge in [-0.15, -0.1) is 0 Å². The van der Waals surface area contributed by atoms with Gasteiger partial charge in [0.2, 0.25) is 0 Å². The first-order chi connectivity index (χ1) is 8.65. The van der Waals surface area contributed by atoms with E-state index in [0.717, 1.165) is 11.6 Å². The molecule has 0 aliphatic carbocycles. The predicted molar refractivity (Wildman–Crippen MR) is 68.3 cm³/mol. The molecule has 1 atom stereocenters. The second kappa shape index (κ2) is 5.63. The van der Waals surface area contributed by atoms with E-state index >= 15 is 0 Å². The van der Waals surface area contributed by atoms with Gasteiger partial charge in [0.15, 0.2) is 11.6 Å². The molecule has 1 aromatic carbocycles. The highest BCUT2D eigenvalue weighted by molar-refractivity contribution is 9.10. The van der Waals surface area contributed by atoms with Crippen molar-refractivity contribution in [1.29, 1.82) is 0 Å². The molecule has 0 radical (unpaired) electrons. The molecule has 1 N–H and O–H groups in total. The van der Waals surface area contributed by atoms with Crippen LogP contribution in [0.2, 0.25) is 0 Å². The lowest BCUT2D eigenvalue weighted by Gasteiger charge is -2.18. The van der Waals surface area contributed by atoms with Crippen LogP contribution in [-0.4, -0.2) is 6.54 Å². The second-order valence-corrected chi connectivity index (χ2v) is 4.60. The highest BCUT2D eigenvalue weighted by Gasteiger charge is 2.20. The fourth-order valence-corrected chi connectivity index (χ4v) is 2.37. The first kappa shape index (κ1) is 13.2. The van der Waals surface area contributed by atoms with Crippen molar-refractivity contribution in [2.24, 2.45) is 0 Å². The molecule has 0 saturated heterocycles. The maximum atomic E-state index is 13.6. The van der Waals surface area contributed by atoms with Gasteiger partial charge in [-0.05, 0) is 40.2 Å². The van der Waals surface area contributed by atoms with E-state index in [2.05, 4.69) is 21.2 Å². The van der Waals surface area contributed by atoms with Crippen LogP contribution in [0.15, 0.2) is 39.6 Å². The molecule has 0 bridgehead atoms. The van der Waals surface area contributed by atoms with Gasteiger partial charge in [-0.3, -0.25) is 0 Å². The topological polar surface area (TPSA) is 25.2 Å². The van der Waals surface area contributed by atoms with Crippen molar-refractivity contribution >= 4 is 15.9 Å². The van der Waals surface area contributed by atoms with Gasteiger partial charge < -0.3 is 9.73 Å². The number of furan rings is 1. The normalized spacial score (nSPS) is 12.7. The van der Waals surface area contributed by atoms with Crippen molar-refractivity contribution in [2.45, 2.75) is 13.0 Å². The number of halogens is 3. The van der Waals surface area contributed by atoms with E-state index in [1.54, 1.807) is 24.7 Å². The lowest BCUT2D eigenvalue weighted by molar-refractivity contribution is 0.498. The molecule has 0 spiro atoms. The summed E-state index contributed by atoms with van der Waals surface area (Å²) in [4.78, 5) is 0. The van der Waals surface area contributed by atoms with Crippen LogP contribution in [0.3, 0.4) is 0 Å². The Kier molecular flexibility index (Phi) is 4.14. The highest BCUT2D eigenvalue weighted by atomic mass is 79.9. The lowest BCUT2D eigenvalue weighted by atomic mass is 10.0. The predicted octanol–water partition coefficient (Wildman–Crippen LogP) is 4.02. The number of hydrogen-bond acceptors (Lipinski definition) is 2. The van der Waals surface area contributed by atoms with Crippen LogP contribution < -0.4 is 5.32 Å². The Morgan fingerprint density at radius 1 is 1.33 bits per heavy atom. The summed E-state index contributed by atoms with van der Waals surface area (Å²) >= 11 is 3.10. The van der Waals surface area contributed by atoms with Gasteiger partial charge in [-0.2, -0.15) is 0 Å². The quantitative estimate of drug-likeness (QED) is 0.862. The molecule has 0 aliphatic heterocycles. The van der Waals surface area contributed by atoms with Gasteiger partial charge in [0.25, 0.3) is 0 Å². The van der Waals surface area contributed by atoms with Crippen LogP contribution in [-0.2, 0) is 0 Å². The minimum atomic E-state index is -0.876.